The summed E-state index contributed by atoms with van der Waals surface area (Å²) < 4.78 is 24.5. The molecule has 1 unspecified atom stereocenters. The zero-order valence-electron chi connectivity index (χ0n) is 13.7. The molecule has 2 aromatic rings. The van der Waals surface area contributed by atoms with E-state index >= 15 is 0 Å². The summed E-state index contributed by atoms with van der Waals surface area (Å²) in [6.45, 7) is 3.30. The maximum absolute atomic E-state index is 13.8. The lowest BCUT2D eigenvalue weighted by atomic mass is 10.0. The Morgan fingerprint density at radius 3 is 2.92 bits per heavy atom. The van der Waals surface area contributed by atoms with Gasteiger partial charge < -0.3 is 19.9 Å². The fraction of sp³-hybridized carbons (Fsp3) is 0.368. The molecule has 24 heavy (non-hydrogen) atoms. The molecule has 1 aliphatic rings. The molecule has 128 valence electrons. The average Bonchev–Trinajstić information content (AvgIpc) is 2.59. The smallest absolute Gasteiger partial charge is 0.189 e. The Balaban J connectivity index is 1.68. The van der Waals surface area contributed by atoms with E-state index in [1.165, 1.54) is 12.1 Å². The van der Waals surface area contributed by atoms with Crippen molar-refractivity contribution in [3.8, 4) is 11.5 Å². The molecule has 0 radical (unpaired) electrons. The third kappa shape index (κ3) is 3.68. The minimum Gasteiger partial charge on any atom is -0.508 e. The van der Waals surface area contributed by atoms with Crippen LogP contribution in [0.15, 0.2) is 36.4 Å². The lowest BCUT2D eigenvalue weighted by Gasteiger charge is -2.22. The number of rotatable bonds is 6. The van der Waals surface area contributed by atoms with Crippen molar-refractivity contribution in [2.75, 3.05) is 13.3 Å². The van der Waals surface area contributed by atoms with E-state index in [0.717, 1.165) is 28.9 Å². The SMILES string of the molecule is CCC(NCCc1cc(F)cc2c1OCOC2)c1ccccc1O. The molecule has 0 saturated carbocycles. The number of hydrogen-bond donors (Lipinski definition) is 2. The molecule has 3 rings (SSSR count). The van der Waals surface area contributed by atoms with Crippen molar-refractivity contribution < 1.29 is 19.0 Å². The van der Waals surface area contributed by atoms with E-state index in [2.05, 4.69) is 12.2 Å². The second-order valence-electron chi connectivity index (χ2n) is 5.89. The van der Waals surface area contributed by atoms with E-state index in [-0.39, 0.29) is 18.7 Å². The first-order chi connectivity index (χ1) is 11.7. The molecule has 4 nitrogen and oxygen atoms in total. The van der Waals surface area contributed by atoms with Crippen molar-refractivity contribution in [2.45, 2.75) is 32.4 Å². The molecule has 0 bridgehead atoms. The van der Waals surface area contributed by atoms with Gasteiger partial charge in [0.25, 0.3) is 0 Å². The first-order valence-corrected chi connectivity index (χ1v) is 8.22. The van der Waals surface area contributed by atoms with Crippen LogP contribution in [0.1, 0.15) is 36.1 Å². The highest BCUT2D eigenvalue weighted by atomic mass is 19.1. The van der Waals surface area contributed by atoms with Crippen LogP contribution >= 0.6 is 0 Å². The molecule has 1 aliphatic heterocycles. The summed E-state index contributed by atoms with van der Waals surface area (Å²) in [5, 5.41) is 13.4. The molecule has 0 aromatic heterocycles. The van der Waals surface area contributed by atoms with E-state index in [9.17, 15) is 9.50 Å². The van der Waals surface area contributed by atoms with E-state index in [4.69, 9.17) is 9.47 Å². The average molecular weight is 331 g/mol. The van der Waals surface area contributed by atoms with Crippen LogP contribution < -0.4 is 10.1 Å². The summed E-state index contributed by atoms with van der Waals surface area (Å²) in [6.07, 6.45) is 1.49. The van der Waals surface area contributed by atoms with Crippen molar-refractivity contribution in [2.24, 2.45) is 0 Å². The Labute approximate surface area is 141 Å². The van der Waals surface area contributed by atoms with Crippen LogP contribution in [0.5, 0.6) is 11.5 Å². The van der Waals surface area contributed by atoms with Crippen LogP contribution in [0, 0.1) is 5.82 Å². The van der Waals surface area contributed by atoms with Gasteiger partial charge in [-0.05, 0) is 43.1 Å². The van der Waals surface area contributed by atoms with Gasteiger partial charge in [-0.3, -0.25) is 0 Å². The largest absolute Gasteiger partial charge is 0.508 e. The summed E-state index contributed by atoms with van der Waals surface area (Å²) in [5.41, 5.74) is 2.47. The molecular formula is C19H22FNO3. The van der Waals surface area contributed by atoms with Gasteiger partial charge in [-0.1, -0.05) is 25.1 Å². The second kappa shape index (κ2) is 7.64. The Bertz CT molecular complexity index is 705. The number of hydrogen-bond acceptors (Lipinski definition) is 4. The van der Waals surface area contributed by atoms with E-state index in [1.54, 1.807) is 6.07 Å². The fourth-order valence-electron chi connectivity index (χ4n) is 3.08. The highest BCUT2D eigenvalue weighted by Gasteiger charge is 2.18. The van der Waals surface area contributed by atoms with Gasteiger partial charge in [0.05, 0.1) is 6.61 Å². The molecule has 0 aliphatic carbocycles. The van der Waals surface area contributed by atoms with Gasteiger partial charge >= 0.3 is 0 Å². The number of fused-ring (bicyclic) bond motifs is 1. The second-order valence-corrected chi connectivity index (χ2v) is 5.89. The lowest BCUT2D eigenvalue weighted by molar-refractivity contribution is -0.0172. The fourth-order valence-corrected chi connectivity index (χ4v) is 3.08. The summed E-state index contributed by atoms with van der Waals surface area (Å²) in [5.74, 6) is 0.756. The zero-order chi connectivity index (χ0) is 16.9. The van der Waals surface area contributed by atoms with Crippen molar-refractivity contribution >= 4 is 0 Å². The van der Waals surface area contributed by atoms with E-state index in [1.807, 2.05) is 18.2 Å². The van der Waals surface area contributed by atoms with Gasteiger partial charge in [0.15, 0.2) is 6.79 Å². The standard InChI is InChI=1S/C19H22FNO3/c1-2-17(16-5-3-4-6-18(16)22)21-8-7-13-9-15(20)10-14-11-23-12-24-19(13)14/h3-6,9-10,17,21-22H,2,7-8,11-12H2,1H3. The number of ether oxygens (including phenoxy) is 2. The van der Waals surface area contributed by atoms with Crippen molar-refractivity contribution in [3.05, 3.63) is 58.9 Å². The van der Waals surface area contributed by atoms with Crippen LogP contribution in [-0.4, -0.2) is 18.4 Å². The molecule has 0 spiro atoms. The van der Waals surface area contributed by atoms with E-state index in [0.29, 0.717) is 25.3 Å². The van der Waals surface area contributed by atoms with Crippen LogP contribution in [0.3, 0.4) is 0 Å². The number of halogens is 1. The topological polar surface area (TPSA) is 50.7 Å². The Morgan fingerprint density at radius 1 is 1.29 bits per heavy atom. The highest BCUT2D eigenvalue weighted by Crippen LogP contribution is 2.30. The first-order valence-electron chi connectivity index (χ1n) is 8.22. The molecule has 1 heterocycles. The maximum atomic E-state index is 13.8. The van der Waals surface area contributed by atoms with Crippen molar-refractivity contribution in [3.63, 3.8) is 0 Å². The van der Waals surface area contributed by atoms with Crippen molar-refractivity contribution in [1.29, 1.82) is 0 Å². The van der Waals surface area contributed by atoms with Crippen LogP contribution in [0.4, 0.5) is 4.39 Å². The third-order valence-electron chi connectivity index (χ3n) is 4.26. The van der Waals surface area contributed by atoms with Gasteiger partial charge in [-0.15, -0.1) is 0 Å². The maximum Gasteiger partial charge on any atom is 0.189 e. The Hall–Kier alpha value is -2.11. The Morgan fingerprint density at radius 2 is 2.12 bits per heavy atom. The number of para-hydroxylation sites is 1. The molecule has 2 N–H and O–H groups in total. The minimum atomic E-state index is -0.273. The molecular weight excluding hydrogens is 309 g/mol. The normalized spacial score (nSPS) is 14.8. The number of phenols is 1. The highest BCUT2D eigenvalue weighted by molar-refractivity contribution is 5.43. The Kier molecular flexibility index (Phi) is 5.33. The van der Waals surface area contributed by atoms with Gasteiger partial charge in [-0.2, -0.15) is 0 Å². The number of aromatic hydroxyl groups is 1. The van der Waals surface area contributed by atoms with Gasteiger partial charge in [0, 0.05) is 17.2 Å². The van der Waals surface area contributed by atoms with Crippen LogP contribution in [0.25, 0.3) is 0 Å². The summed E-state index contributed by atoms with van der Waals surface area (Å²) >= 11 is 0. The van der Waals surface area contributed by atoms with Crippen molar-refractivity contribution in [1.82, 2.24) is 5.32 Å². The number of benzene rings is 2. The van der Waals surface area contributed by atoms with Crippen LogP contribution in [-0.2, 0) is 17.8 Å². The monoisotopic (exact) mass is 331 g/mol. The van der Waals surface area contributed by atoms with Crippen LogP contribution in [0.2, 0.25) is 0 Å². The molecule has 1 atom stereocenters. The molecule has 0 fully saturated rings. The first kappa shape index (κ1) is 16.7. The molecule has 0 amide bonds. The van der Waals surface area contributed by atoms with Gasteiger partial charge in [0.1, 0.15) is 17.3 Å². The minimum absolute atomic E-state index is 0.0554. The molecule has 2 aromatic carbocycles. The molecule has 0 saturated heterocycles. The van der Waals surface area contributed by atoms with Gasteiger partial charge in [0.2, 0.25) is 0 Å². The number of phenolic OH excluding ortho intramolecular Hbond substituents is 1. The summed E-state index contributed by atoms with van der Waals surface area (Å²) in [4.78, 5) is 0. The quantitative estimate of drug-likeness (QED) is 0.848. The molecule has 5 heteroatoms. The lowest BCUT2D eigenvalue weighted by Crippen LogP contribution is -2.24. The summed E-state index contributed by atoms with van der Waals surface area (Å²) in [6, 6.07) is 10.4. The van der Waals surface area contributed by atoms with E-state index < -0.39 is 0 Å². The van der Waals surface area contributed by atoms with Gasteiger partial charge in [-0.25, -0.2) is 4.39 Å². The number of nitrogens with one attached hydrogen (secondary N) is 1. The summed E-state index contributed by atoms with van der Waals surface area (Å²) in [7, 11) is 0. The zero-order valence-corrected chi connectivity index (χ0v) is 13.7. The predicted octanol–water partition coefficient (Wildman–Crippen LogP) is 3.68. The predicted molar refractivity (Wildman–Crippen MR) is 89.5 cm³/mol. The third-order valence-corrected chi connectivity index (χ3v) is 4.26.